The van der Waals surface area contributed by atoms with Gasteiger partial charge in [0.05, 0.1) is 23.7 Å². The largest absolute Gasteiger partial charge is 0.507 e. The number of amides is 1. The Labute approximate surface area is 181 Å². The van der Waals surface area contributed by atoms with Crippen LogP contribution in [-0.2, 0) is 21.0 Å². The van der Waals surface area contributed by atoms with E-state index in [1.165, 1.54) is 12.3 Å². The molecule has 0 aliphatic rings. The topological polar surface area (TPSA) is 99.1 Å². The molecule has 0 bridgehead atoms. The molecule has 0 aliphatic carbocycles. The van der Waals surface area contributed by atoms with Crippen LogP contribution in [0.4, 0.5) is 18.9 Å². The lowest BCUT2D eigenvalue weighted by Crippen LogP contribution is -2.39. The quantitative estimate of drug-likeness (QED) is 0.430. The van der Waals surface area contributed by atoms with E-state index >= 15 is 0 Å². The number of anilines is 1. The van der Waals surface area contributed by atoms with Crippen molar-refractivity contribution in [1.29, 1.82) is 0 Å². The Balaban J connectivity index is 1.80. The van der Waals surface area contributed by atoms with Gasteiger partial charge in [0.1, 0.15) is 12.3 Å². The van der Waals surface area contributed by atoms with Crippen LogP contribution in [0.15, 0.2) is 65.8 Å². The zero-order valence-electron chi connectivity index (χ0n) is 16.7. The summed E-state index contributed by atoms with van der Waals surface area (Å²) in [6, 6.07) is 14.0. The van der Waals surface area contributed by atoms with Gasteiger partial charge in [0.25, 0.3) is 5.91 Å². The molecule has 168 valence electrons. The molecule has 2 N–H and O–H groups in total. The van der Waals surface area contributed by atoms with Crippen molar-refractivity contribution in [1.82, 2.24) is 5.43 Å². The summed E-state index contributed by atoms with van der Waals surface area (Å²) in [5, 5.41) is 15.3. The molecule has 0 heterocycles. The molecule has 0 fully saturated rings. The van der Waals surface area contributed by atoms with Gasteiger partial charge in [-0.15, -0.1) is 0 Å². The van der Waals surface area contributed by atoms with Gasteiger partial charge in [0, 0.05) is 5.56 Å². The van der Waals surface area contributed by atoms with E-state index in [0.717, 1.165) is 29.8 Å². The molecule has 11 heteroatoms. The molecule has 0 spiro atoms. The van der Waals surface area contributed by atoms with Crippen molar-refractivity contribution in [3.8, 4) is 5.75 Å². The molecule has 0 saturated carbocycles. The number of phenolic OH excluding ortho intramolecular Hbond substituents is 1. The van der Waals surface area contributed by atoms with Crippen molar-refractivity contribution >= 4 is 38.6 Å². The SMILES string of the molecule is CS(=O)(=O)N(CC(=O)N/N=C\c1c(O)ccc2ccccc12)c1cccc(C(F)(F)F)c1. The van der Waals surface area contributed by atoms with Crippen molar-refractivity contribution in [3.05, 3.63) is 71.8 Å². The molecule has 7 nitrogen and oxygen atoms in total. The number of nitrogens with zero attached hydrogens (tertiary/aromatic N) is 2. The number of halogens is 3. The number of hydrazone groups is 1. The van der Waals surface area contributed by atoms with Crippen LogP contribution >= 0.6 is 0 Å². The fourth-order valence-corrected chi connectivity index (χ4v) is 3.84. The molecule has 32 heavy (non-hydrogen) atoms. The van der Waals surface area contributed by atoms with E-state index in [0.29, 0.717) is 21.3 Å². The lowest BCUT2D eigenvalue weighted by Gasteiger charge is -2.22. The minimum atomic E-state index is -4.67. The number of carbonyl (C=O) groups excluding carboxylic acids is 1. The Bertz CT molecular complexity index is 1290. The fraction of sp³-hybridized carbons (Fsp3) is 0.143. The first-order chi connectivity index (χ1) is 15.0. The first-order valence-electron chi connectivity index (χ1n) is 9.14. The highest BCUT2D eigenvalue weighted by Gasteiger charge is 2.32. The summed E-state index contributed by atoms with van der Waals surface area (Å²) in [5.74, 6) is -0.966. The second-order valence-electron chi connectivity index (χ2n) is 6.83. The van der Waals surface area contributed by atoms with Crippen LogP contribution in [0.2, 0.25) is 0 Å². The third-order valence-electron chi connectivity index (χ3n) is 4.48. The Hall–Kier alpha value is -3.60. The predicted molar refractivity (Wildman–Crippen MR) is 115 cm³/mol. The number of alkyl halides is 3. The molecule has 3 rings (SSSR count). The first-order valence-corrected chi connectivity index (χ1v) is 11.0. The van der Waals surface area contributed by atoms with E-state index < -0.39 is 34.2 Å². The number of fused-ring (bicyclic) bond motifs is 1. The molecule has 0 aliphatic heterocycles. The molecule has 0 radical (unpaired) electrons. The Morgan fingerprint density at radius 1 is 1.12 bits per heavy atom. The highest BCUT2D eigenvalue weighted by atomic mass is 32.2. The number of rotatable bonds is 6. The predicted octanol–water partition coefficient (Wildman–Crippen LogP) is 3.48. The van der Waals surface area contributed by atoms with Crippen LogP contribution in [0, 0.1) is 0 Å². The van der Waals surface area contributed by atoms with E-state index in [1.807, 2.05) is 12.1 Å². The summed E-state index contributed by atoms with van der Waals surface area (Å²) in [4.78, 5) is 12.3. The minimum Gasteiger partial charge on any atom is -0.507 e. The first kappa shape index (κ1) is 23.1. The highest BCUT2D eigenvalue weighted by Crippen LogP contribution is 2.32. The molecule has 1 amide bonds. The number of sulfonamides is 1. The van der Waals surface area contributed by atoms with E-state index in [2.05, 4.69) is 10.5 Å². The van der Waals surface area contributed by atoms with Gasteiger partial charge in [0.15, 0.2) is 0 Å². The Morgan fingerprint density at radius 2 is 1.84 bits per heavy atom. The van der Waals surface area contributed by atoms with E-state index in [-0.39, 0.29) is 11.4 Å². The fourth-order valence-electron chi connectivity index (χ4n) is 2.99. The van der Waals surface area contributed by atoms with E-state index in [1.54, 1.807) is 18.2 Å². The number of carbonyl (C=O) groups is 1. The minimum absolute atomic E-state index is 0.0802. The lowest BCUT2D eigenvalue weighted by molar-refractivity contribution is -0.137. The number of hydrogen-bond donors (Lipinski definition) is 2. The van der Waals surface area contributed by atoms with Crippen LogP contribution in [0.25, 0.3) is 10.8 Å². The molecule has 0 atom stereocenters. The van der Waals surface area contributed by atoms with Crippen molar-refractivity contribution < 1.29 is 31.5 Å². The molecule has 0 saturated heterocycles. The summed E-state index contributed by atoms with van der Waals surface area (Å²) in [7, 11) is -4.07. The van der Waals surface area contributed by atoms with Crippen LogP contribution in [0.5, 0.6) is 5.75 Å². The van der Waals surface area contributed by atoms with Crippen molar-refractivity contribution in [2.75, 3.05) is 17.1 Å². The molecule has 0 aromatic heterocycles. The Morgan fingerprint density at radius 3 is 2.53 bits per heavy atom. The maximum absolute atomic E-state index is 13.0. The zero-order chi connectivity index (χ0) is 23.5. The second kappa shape index (κ2) is 8.87. The van der Waals surface area contributed by atoms with Crippen LogP contribution < -0.4 is 9.73 Å². The molecular formula is C21H18F3N3O4S. The summed E-state index contributed by atoms with van der Waals surface area (Å²) in [6.45, 7) is -0.793. The zero-order valence-corrected chi connectivity index (χ0v) is 17.5. The van der Waals surface area contributed by atoms with Crippen molar-refractivity contribution in [2.24, 2.45) is 5.10 Å². The number of nitrogens with one attached hydrogen (secondary N) is 1. The van der Waals surface area contributed by atoms with Gasteiger partial charge < -0.3 is 5.11 Å². The van der Waals surface area contributed by atoms with Gasteiger partial charge in [-0.25, -0.2) is 13.8 Å². The maximum atomic E-state index is 13.0. The normalized spacial score (nSPS) is 12.2. The highest BCUT2D eigenvalue weighted by molar-refractivity contribution is 7.92. The number of aromatic hydroxyl groups is 1. The summed E-state index contributed by atoms with van der Waals surface area (Å²) in [6.07, 6.45) is -2.70. The molecule has 3 aromatic rings. The average molecular weight is 465 g/mol. The monoisotopic (exact) mass is 465 g/mol. The van der Waals surface area contributed by atoms with Crippen molar-refractivity contribution in [2.45, 2.75) is 6.18 Å². The molecule has 0 unspecified atom stereocenters. The maximum Gasteiger partial charge on any atom is 0.416 e. The molecular weight excluding hydrogens is 447 g/mol. The standard InChI is InChI=1S/C21H18F3N3O4S/c1-32(30,31)27(16-7-4-6-15(11-16)21(22,23)24)13-20(29)26-25-12-18-17-8-3-2-5-14(17)9-10-19(18)28/h2-12,28H,13H2,1H3,(H,26,29)/b25-12-. The number of hydrogen-bond acceptors (Lipinski definition) is 5. The second-order valence-corrected chi connectivity index (χ2v) is 8.74. The number of benzene rings is 3. The summed E-state index contributed by atoms with van der Waals surface area (Å²) in [5.41, 5.74) is 1.11. The summed E-state index contributed by atoms with van der Waals surface area (Å²) >= 11 is 0. The lowest BCUT2D eigenvalue weighted by atomic mass is 10.0. The third kappa shape index (κ3) is 5.35. The van der Waals surface area contributed by atoms with Gasteiger partial charge in [-0.2, -0.15) is 18.3 Å². The van der Waals surface area contributed by atoms with Gasteiger partial charge >= 0.3 is 6.18 Å². The number of phenols is 1. The van der Waals surface area contributed by atoms with Gasteiger partial charge in [-0.3, -0.25) is 9.10 Å². The third-order valence-corrected chi connectivity index (χ3v) is 5.62. The van der Waals surface area contributed by atoms with Crippen LogP contribution in [0.1, 0.15) is 11.1 Å². The van der Waals surface area contributed by atoms with Gasteiger partial charge in [0.2, 0.25) is 10.0 Å². The smallest absolute Gasteiger partial charge is 0.416 e. The summed E-state index contributed by atoms with van der Waals surface area (Å²) < 4.78 is 63.7. The Kier molecular flexibility index (Phi) is 6.40. The van der Waals surface area contributed by atoms with Crippen LogP contribution in [-0.4, -0.2) is 38.4 Å². The van der Waals surface area contributed by atoms with E-state index in [4.69, 9.17) is 0 Å². The molecule has 3 aromatic carbocycles. The van der Waals surface area contributed by atoms with Crippen molar-refractivity contribution in [3.63, 3.8) is 0 Å². The van der Waals surface area contributed by atoms with Gasteiger partial charge in [-0.1, -0.05) is 36.4 Å². The van der Waals surface area contributed by atoms with E-state index in [9.17, 15) is 31.5 Å². The van der Waals surface area contributed by atoms with Crippen LogP contribution in [0.3, 0.4) is 0 Å². The average Bonchev–Trinajstić information content (AvgIpc) is 2.72. The van der Waals surface area contributed by atoms with Gasteiger partial charge in [-0.05, 0) is 35.0 Å².